The van der Waals surface area contributed by atoms with Gasteiger partial charge in [-0.15, -0.1) is 5.10 Å². The first-order chi connectivity index (χ1) is 4.38. The van der Waals surface area contributed by atoms with Crippen LogP contribution >= 0.6 is 0 Å². The molecule has 1 heterocycles. The average Bonchev–Trinajstić information content (AvgIpc) is 2.33. The van der Waals surface area contributed by atoms with Crippen LogP contribution in [0.25, 0.3) is 4.85 Å². The summed E-state index contributed by atoms with van der Waals surface area (Å²) in [6.45, 7) is 6.51. The summed E-state index contributed by atoms with van der Waals surface area (Å²) in [6.07, 6.45) is 1.33. The highest BCUT2D eigenvalue weighted by Crippen LogP contribution is 2.11. The van der Waals surface area contributed by atoms with E-state index in [2.05, 4.69) is 15.0 Å². The van der Waals surface area contributed by atoms with Gasteiger partial charge in [0.05, 0.1) is 17.8 Å². The number of H-pyrrole nitrogens is 1. The minimum absolute atomic E-state index is 0.206. The molecular formula is C5H2N4. The van der Waals surface area contributed by atoms with Crippen molar-refractivity contribution in [3.63, 3.8) is 0 Å². The highest BCUT2D eigenvalue weighted by atomic mass is 15.1. The predicted molar refractivity (Wildman–Crippen MR) is 29.6 cm³/mol. The topological polar surface area (TPSA) is 56.8 Å². The van der Waals surface area contributed by atoms with E-state index < -0.39 is 0 Å². The van der Waals surface area contributed by atoms with Crippen LogP contribution in [0.4, 0.5) is 5.82 Å². The summed E-state index contributed by atoms with van der Waals surface area (Å²) >= 11 is 0. The fourth-order valence-electron chi connectivity index (χ4n) is 0.446. The summed E-state index contributed by atoms with van der Waals surface area (Å²) < 4.78 is 0. The minimum atomic E-state index is 0.206. The molecule has 0 saturated heterocycles. The van der Waals surface area contributed by atoms with Crippen molar-refractivity contribution < 1.29 is 0 Å². The van der Waals surface area contributed by atoms with E-state index in [1.54, 1.807) is 0 Å². The zero-order chi connectivity index (χ0) is 6.69. The zero-order valence-electron chi connectivity index (χ0n) is 4.42. The van der Waals surface area contributed by atoms with Crippen molar-refractivity contribution in [3.8, 4) is 6.07 Å². The maximum absolute atomic E-state index is 8.29. The summed E-state index contributed by atoms with van der Waals surface area (Å²) in [7, 11) is 0. The Balaban J connectivity index is 3.22. The number of aromatic nitrogens is 2. The van der Waals surface area contributed by atoms with Crippen molar-refractivity contribution in [2.75, 3.05) is 0 Å². The molecule has 0 aliphatic rings. The lowest BCUT2D eigenvalue weighted by Gasteiger charge is -1.76. The summed E-state index contributed by atoms with van der Waals surface area (Å²) in [5, 5.41) is 14.2. The Bertz CT molecular complexity index is 256. The van der Waals surface area contributed by atoms with Crippen molar-refractivity contribution in [2.45, 2.75) is 0 Å². The third kappa shape index (κ3) is 0.731. The van der Waals surface area contributed by atoms with Crippen LogP contribution < -0.4 is 0 Å². The molecule has 0 saturated carbocycles. The number of rotatable bonds is 0. The predicted octanol–water partition coefficient (Wildman–Crippen LogP) is 0.832. The van der Waals surface area contributed by atoms with Gasteiger partial charge in [-0.2, -0.15) is 5.26 Å². The molecule has 0 amide bonds. The molecule has 0 aliphatic carbocycles. The van der Waals surface area contributed by atoms with Crippen molar-refractivity contribution in [3.05, 3.63) is 23.2 Å². The SMILES string of the molecule is [C-]#[N+]c1[nH]ncc1C#N. The van der Waals surface area contributed by atoms with Gasteiger partial charge >= 0.3 is 0 Å². The van der Waals surface area contributed by atoms with Gasteiger partial charge in [-0.3, -0.25) is 0 Å². The van der Waals surface area contributed by atoms with Gasteiger partial charge in [-0.1, -0.05) is 6.57 Å². The molecule has 0 radical (unpaired) electrons. The van der Waals surface area contributed by atoms with Crippen LogP contribution in [-0.4, -0.2) is 10.2 Å². The Morgan fingerprint density at radius 2 is 2.67 bits per heavy atom. The fourth-order valence-corrected chi connectivity index (χ4v) is 0.446. The molecule has 42 valence electrons. The number of nitriles is 1. The van der Waals surface area contributed by atoms with Gasteiger partial charge in [0.15, 0.2) is 0 Å². The van der Waals surface area contributed by atoms with E-state index in [0.717, 1.165) is 0 Å². The molecule has 0 aliphatic heterocycles. The van der Waals surface area contributed by atoms with Crippen LogP contribution in [-0.2, 0) is 0 Å². The number of hydrogen-bond acceptors (Lipinski definition) is 2. The lowest BCUT2D eigenvalue weighted by atomic mass is 10.4. The molecular weight excluding hydrogens is 116 g/mol. The standard InChI is InChI=1S/C5H2N4/c1-7-5-4(2-6)3-8-9-5/h3H,(H,8,9). The third-order valence-electron chi connectivity index (χ3n) is 0.851. The van der Waals surface area contributed by atoms with E-state index in [0.29, 0.717) is 5.56 Å². The first-order valence-corrected chi connectivity index (χ1v) is 2.19. The van der Waals surface area contributed by atoms with E-state index in [1.165, 1.54) is 6.20 Å². The Kier molecular flexibility index (Phi) is 1.17. The first kappa shape index (κ1) is 5.33. The lowest BCUT2D eigenvalue weighted by molar-refractivity contribution is 1.10. The maximum Gasteiger partial charge on any atom is 0.267 e. The molecule has 1 aromatic heterocycles. The van der Waals surface area contributed by atoms with E-state index in [1.807, 2.05) is 6.07 Å². The maximum atomic E-state index is 8.29. The van der Waals surface area contributed by atoms with Gasteiger partial charge in [-0.25, -0.2) is 5.10 Å². The van der Waals surface area contributed by atoms with Crippen LogP contribution in [0.5, 0.6) is 0 Å². The highest BCUT2D eigenvalue weighted by Gasteiger charge is 1.99. The van der Waals surface area contributed by atoms with Crippen LogP contribution in [0.3, 0.4) is 0 Å². The monoisotopic (exact) mass is 118 g/mol. The molecule has 1 rings (SSSR count). The van der Waals surface area contributed by atoms with E-state index in [-0.39, 0.29) is 5.82 Å². The van der Waals surface area contributed by atoms with Gasteiger partial charge in [0.2, 0.25) is 0 Å². The molecule has 0 atom stereocenters. The summed E-state index contributed by atoms with van der Waals surface area (Å²) in [6, 6.07) is 1.82. The number of hydrogen-bond donors (Lipinski definition) is 1. The van der Waals surface area contributed by atoms with Crippen molar-refractivity contribution in [1.82, 2.24) is 10.2 Å². The highest BCUT2D eigenvalue weighted by molar-refractivity contribution is 5.50. The molecule has 0 bridgehead atoms. The van der Waals surface area contributed by atoms with Crippen LogP contribution in [0.15, 0.2) is 6.20 Å². The second-order valence-corrected chi connectivity index (χ2v) is 1.36. The minimum Gasteiger partial charge on any atom is -0.361 e. The van der Waals surface area contributed by atoms with Crippen LogP contribution in [0.1, 0.15) is 5.56 Å². The van der Waals surface area contributed by atoms with E-state index in [4.69, 9.17) is 11.8 Å². The zero-order valence-corrected chi connectivity index (χ0v) is 4.42. The molecule has 1 N–H and O–H groups in total. The second-order valence-electron chi connectivity index (χ2n) is 1.36. The van der Waals surface area contributed by atoms with E-state index >= 15 is 0 Å². The molecule has 4 nitrogen and oxygen atoms in total. The summed E-state index contributed by atoms with van der Waals surface area (Å²) in [4.78, 5) is 3.01. The van der Waals surface area contributed by atoms with Gasteiger partial charge in [0.25, 0.3) is 5.82 Å². The van der Waals surface area contributed by atoms with Gasteiger partial charge in [-0.05, 0) is 0 Å². The van der Waals surface area contributed by atoms with Crippen molar-refractivity contribution >= 4 is 5.82 Å². The molecule has 0 spiro atoms. The second kappa shape index (κ2) is 1.97. The molecule has 0 fully saturated rings. The number of aromatic amines is 1. The average molecular weight is 118 g/mol. The van der Waals surface area contributed by atoms with Gasteiger partial charge in [0, 0.05) is 0 Å². The molecule has 0 unspecified atom stereocenters. The first-order valence-electron chi connectivity index (χ1n) is 2.19. The Hall–Kier alpha value is -1.81. The number of nitrogens with one attached hydrogen (secondary N) is 1. The fraction of sp³-hybridized carbons (Fsp3) is 0. The van der Waals surface area contributed by atoms with Crippen molar-refractivity contribution in [2.24, 2.45) is 0 Å². The van der Waals surface area contributed by atoms with Crippen LogP contribution in [0.2, 0.25) is 0 Å². The van der Waals surface area contributed by atoms with Gasteiger partial charge in [0.1, 0.15) is 0 Å². The quantitative estimate of drug-likeness (QED) is 0.513. The smallest absolute Gasteiger partial charge is 0.267 e. The van der Waals surface area contributed by atoms with Crippen LogP contribution in [0, 0.1) is 17.9 Å². The Morgan fingerprint density at radius 1 is 1.89 bits per heavy atom. The normalized spacial score (nSPS) is 7.78. The van der Waals surface area contributed by atoms with E-state index in [9.17, 15) is 0 Å². The summed E-state index contributed by atoms with van der Waals surface area (Å²) in [5.41, 5.74) is 0.296. The molecule has 0 aromatic carbocycles. The number of nitrogens with zero attached hydrogens (tertiary/aromatic N) is 3. The molecule has 1 aromatic rings. The molecule has 9 heavy (non-hydrogen) atoms. The Morgan fingerprint density at radius 3 is 3.11 bits per heavy atom. The third-order valence-corrected chi connectivity index (χ3v) is 0.851. The molecule has 4 heteroatoms. The van der Waals surface area contributed by atoms with Gasteiger partial charge < -0.3 is 4.85 Å². The summed E-state index contributed by atoms with van der Waals surface area (Å²) in [5.74, 6) is 0.206. The largest absolute Gasteiger partial charge is 0.361 e. The lowest BCUT2D eigenvalue weighted by Crippen LogP contribution is -1.62. The van der Waals surface area contributed by atoms with Crippen molar-refractivity contribution in [1.29, 1.82) is 5.26 Å². The Labute approximate surface area is 51.6 Å².